The summed E-state index contributed by atoms with van der Waals surface area (Å²) in [5.41, 5.74) is 0.873. The van der Waals surface area contributed by atoms with E-state index < -0.39 is 17.5 Å². The van der Waals surface area contributed by atoms with Gasteiger partial charge in [0.1, 0.15) is 30.2 Å². The van der Waals surface area contributed by atoms with Crippen molar-refractivity contribution in [1.29, 1.82) is 0 Å². The molecule has 0 atom stereocenters. The van der Waals surface area contributed by atoms with Gasteiger partial charge in [0.2, 0.25) is 5.91 Å². The van der Waals surface area contributed by atoms with E-state index >= 15 is 0 Å². The summed E-state index contributed by atoms with van der Waals surface area (Å²) < 4.78 is 16.1. The maximum atomic E-state index is 12.4. The summed E-state index contributed by atoms with van der Waals surface area (Å²) in [6, 6.07) is 21.8. The van der Waals surface area contributed by atoms with E-state index in [1.165, 1.54) is 19.1 Å². The zero-order valence-electron chi connectivity index (χ0n) is 19.3. The molecule has 1 heterocycles. The van der Waals surface area contributed by atoms with Crippen LogP contribution in [0.2, 0.25) is 0 Å². The van der Waals surface area contributed by atoms with Gasteiger partial charge < -0.3 is 24.5 Å². The first-order valence-electron chi connectivity index (χ1n) is 11.0. The number of carbonyl (C=O) groups excluding carboxylic acids is 3. The Balaban J connectivity index is 1.32. The fourth-order valence-corrected chi connectivity index (χ4v) is 3.39. The Morgan fingerprint density at radius 3 is 2.33 bits per heavy atom. The van der Waals surface area contributed by atoms with E-state index in [1.54, 1.807) is 36.4 Å². The molecule has 0 aliphatic heterocycles. The zero-order valence-corrected chi connectivity index (χ0v) is 19.3. The molecule has 0 bridgehead atoms. The summed E-state index contributed by atoms with van der Waals surface area (Å²) in [6.07, 6.45) is 0. The molecule has 9 nitrogen and oxygen atoms in total. The van der Waals surface area contributed by atoms with Crippen LogP contribution in [-0.4, -0.2) is 24.3 Å². The molecule has 182 valence electrons. The lowest BCUT2D eigenvalue weighted by molar-refractivity contribution is -0.143. The molecule has 2 amide bonds. The van der Waals surface area contributed by atoms with Gasteiger partial charge in [-0.05, 0) is 48.5 Å². The molecule has 2 N–H and O–H groups in total. The highest BCUT2D eigenvalue weighted by atomic mass is 16.5. The third-order valence-corrected chi connectivity index (χ3v) is 5.03. The van der Waals surface area contributed by atoms with E-state index in [0.29, 0.717) is 33.7 Å². The second kappa shape index (κ2) is 11.0. The number of hydrogen-bond donors (Lipinski definition) is 2. The predicted octanol–water partition coefficient (Wildman–Crippen LogP) is 4.02. The number of amides is 2. The average molecular weight is 486 g/mol. The Morgan fingerprint density at radius 2 is 1.61 bits per heavy atom. The highest BCUT2D eigenvalue weighted by Gasteiger charge is 2.12. The molecular formula is C27H22N2O7. The third kappa shape index (κ3) is 6.35. The maximum Gasteiger partial charge on any atom is 0.336 e. The van der Waals surface area contributed by atoms with Crippen molar-refractivity contribution >= 4 is 34.4 Å². The van der Waals surface area contributed by atoms with Crippen LogP contribution >= 0.6 is 0 Å². The maximum absolute atomic E-state index is 12.4. The van der Waals surface area contributed by atoms with Crippen molar-refractivity contribution in [3.63, 3.8) is 0 Å². The number of esters is 1. The van der Waals surface area contributed by atoms with Crippen molar-refractivity contribution in [1.82, 2.24) is 5.32 Å². The highest BCUT2D eigenvalue weighted by Crippen LogP contribution is 2.23. The van der Waals surface area contributed by atoms with Crippen LogP contribution in [0.5, 0.6) is 11.5 Å². The summed E-state index contributed by atoms with van der Waals surface area (Å²) in [6.45, 7) is 0.819. The summed E-state index contributed by atoms with van der Waals surface area (Å²) in [5, 5.41) is 5.66. The molecular weight excluding hydrogens is 464 g/mol. The molecule has 0 saturated heterocycles. The molecule has 4 aromatic rings. The standard InChI is InChI=1S/C27H22N2O7/c1-17(30)29-20-9-12-23-19(13-25(31)36-24(23)14-20)16-34-26(32)15-28-27(33)18-7-10-22(11-8-18)35-21-5-3-2-4-6-21/h2-14H,15-16H2,1H3,(H,28,33)(H,29,30). The van der Waals surface area contributed by atoms with E-state index in [4.69, 9.17) is 13.9 Å². The van der Waals surface area contributed by atoms with Crippen LogP contribution in [-0.2, 0) is 20.9 Å². The van der Waals surface area contributed by atoms with Crippen molar-refractivity contribution in [2.45, 2.75) is 13.5 Å². The van der Waals surface area contributed by atoms with Gasteiger partial charge in [-0.15, -0.1) is 0 Å². The van der Waals surface area contributed by atoms with Crippen molar-refractivity contribution in [2.75, 3.05) is 11.9 Å². The van der Waals surface area contributed by atoms with E-state index in [-0.39, 0.29) is 24.6 Å². The normalized spacial score (nSPS) is 10.5. The van der Waals surface area contributed by atoms with E-state index in [2.05, 4.69) is 10.6 Å². The van der Waals surface area contributed by atoms with Gasteiger partial charge in [0.25, 0.3) is 5.91 Å². The Kier molecular flexibility index (Phi) is 7.40. The molecule has 9 heteroatoms. The number of rotatable bonds is 8. The second-order valence-electron chi connectivity index (χ2n) is 7.77. The number of benzene rings is 3. The lowest BCUT2D eigenvalue weighted by Crippen LogP contribution is -2.30. The van der Waals surface area contributed by atoms with Crippen LogP contribution < -0.4 is 21.0 Å². The average Bonchev–Trinajstić information content (AvgIpc) is 2.86. The van der Waals surface area contributed by atoms with Gasteiger partial charge in [0.05, 0.1) is 0 Å². The quantitative estimate of drug-likeness (QED) is 0.285. The molecule has 1 aromatic heterocycles. The van der Waals surface area contributed by atoms with Crippen LogP contribution in [0.25, 0.3) is 11.0 Å². The number of hydrogen-bond acceptors (Lipinski definition) is 7. The minimum absolute atomic E-state index is 0.193. The number of fused-ring (bicyclic) bond motifs is 1. The Morgan fingerprint density at radius 1 is 0.889 bits per heavy atom. The van der Waals surface area contributed by atoms with Crippen LogP contribution in [0.1, 0.15) is 22.8 Å². The number of ether oxygens (including phenoxy) is 2. The molecule has 0 spiro atoms. The van der Waals surface area contributed by atoms with Crippen LogP contribution in [0, 0.1) is 0 Å². The van der Waals surface area contributed by atoms with Crippen LogP contribution in [0.4, 0.5) is 5.69 Å². The van der Waals surface area contributed by atoms with E-state index in [0.717, 1.165) is 0 Å². The van der Waals surface area contributed by atoms with E-state index in [9.17, 15) is 19.2 Å². The lowest BCUT2D eigenvalue weighted by Gasteiger charge is -2.10. The number of anilines is 1. The molecule has 0 saturated carbocycles. The van der Waals surface area contributed by atoms with Crippen LogP contribution in [0.3, 0.4) is 0 Å². The second-order valence-corrected chi connectivity index (χ2v) is 7.77. The summed E-state index contributed by atoms with van der Waals surface area (Å²) in [4.78, 5) is 47.7. The molecule has 0 radical (unpaired) electrons. The molecule has 36 heavy (non-hydrogen) atoms. The SMILES string of the molecule is CC(=O)Nc1ccc2c(COC(=O)CNC(=O)c3ccc(Oc4ccccc4)cc3)cc(=O)oc2c1. The summed E-state index contributed by atoms with van der Waals surface area (Å²) in [7, 11) is 0. The zero-order chi connectivity index (χ0) is 25.5. The summed E-state index contributed by atoms with van der Waals surface area (Å²) in [5.74, 6) is -0.144. The topological polar surface area (TPSA) is 124 Å². The smallest absolute Gasteiger partial charge is 0.336 e. The van der Waals surface area contributed by atoms with Gasteiger partial charge in [0, 0.05) is 41.3 Å². The minimum atomic E-state index is -0.677. The van der Waals surface area contributed by atoms with Gasteiger partial charge >= 0.3 is 11.6 Å². The molecule has 3 aromatic carbocycles. The predicted molar refractivity (Wildman–Crippen MR) is 132 cm³/mol. The van der Waals surface area contributed by atoms with Gasteiger partial charge in [-0.3, -0.25) is 14.4 Å². The number of para-hydroxylation sites is 1. The van der Waals surface area contributed by atoms with Crippen molar-refractivity contribution in [3.8, 4) is 11.5 Å². The van der Waals surface area contributed by atoms with E-state index in [1.807, 2.05) is 30.3 Å². The fourth-order valence-electron chi connectivity index (χ4n) is 3.39. The van der Waals surface area contributed by atoms with Gasteiger partial charge in [0.15, 0.2) is 0 Å². The van der Waals surface area contributed by atoms with Gasteiger partial charge in [-0.2, -0.15) is 0 Å². The number of carbonyl (C=O) groups is 3. The summed E-state index contributed by atoms with van der Waals surface area (Å²) >= 11 is 0. The first-order chi connectivity index (χ1) is 17.4. The molecule has 0 aliphatic carbocycles. The molecule has 4 rings (SSSR count). The van der Waals surface area contributed by atoms with Crippen molar-refractivity contribution in [2.24, 2.45) is 0 Å². The first kappa shape index (κ1) is 24.2. The number of nitrogens with one attached hydrogen (secondary N) is 2. The Bertz CT molecular complexity index is 1460. The van der Waals surface area contributed by atoms with Crippen molar-refractivity contribution in [3.05, 3.63) is 100 Å². The van der Waals surface area contributed by atoms with Gasteiger partial charge in [-0.25, -0.2) is 4.79 Å². The van der Waals surface area contributed by atoms with Crippen LogP contribution in [0.15, 0.2) is 88.1 Å². The Labute approximate surface area is 205 Å². The lowest BCUT2D eigenvalue weighted by atomic mass is 10.1. The van der Waals surface area contributed by atoms with Gasteiger partial charge in [-0.1, -0.05) is 18.2 Å². The third-order valence-electron chi connectivity index (χ3n) is 5.03. The minimum Gasteiger partial charge on any atom is -0.459 e. The van der Waals surface area contributed by atoms with Crippen molar-refractivity contribution < 1.29 is 28.3 Å². The Hall–Kier alpha value is -4.92. The monoisotopic (exact) mass is 486 g/mol. The largest absolute Gasteiger partial charge is 0.459 e. The fraction of sp³-hybridized carbons (Fsp3) is 0.111. The molecule has 0 fully saturated rings. The molecule has 0 aliphatic rings. The highest BCUT2D eigenvalue weighted by molar-refractivity contribution is 5.96. The molecule has 0 unspecified atom stereocenters. The first-order valence-corrected chi connectivity index (χ1v) is 11.0.